The van der Waals surface area contributed by atoms with Gasteiger partial charge in [0, 0.05) is 37.3 Å². The Balaban J connectivity index is 3.68. The van der Waals surface area contributed by atoms with Crippen LogP contribution in [0.5, 0.6) is 0 Å². The minimum atomic E-state index is -0.791. The van der Waals surface area contributed by atoms with Gasteiger partial charge in [-0.2, -0.15) is 0 Å². The maximum atomic E-state index is 5.19. The van der Waals surface area contributed by atoms with Gasteiger partial charge in [0.15, 0.2) is 0 Å². The van der Waals surface area contributed by atoms with Gasteiger partial charge < -0.3 is 14.2 Å². The fourth-order valence-corrected chi connectivity index (χ4v) is 2.86. The summed E-state index contributed by atoms with van der Waals surface area (Å²) >= 11 is 0. The molecule has 0 aliphatic rings. The van der Waals surface area contributed by atoms with Crippen molar-refractivity contribution in [3.63, 3.8) is 0 Å². The van der Waals surface area contributed by atoms with Gasteiger partial charge in [0.2, 0.25) is 0 Å². The number of hydrogen-bond donors (Lipinski definition) is 0. The van der Waals surface area contributed by atoms with Crippen LogP contribution in [0, 0.1) is 0 Å². The predicted octanol–water partition coefficient (Wildman–Crippen LogP) is 1.38. The molecule has 0 atom stereocenters. The Labute approximate surface area is 83.6 Å². The Bertz CT molecular complexity index is 107. The van der Waals surface area contributed by atoms with Crippen LogP contribution in [0.3, 0.4) is 0 Å². The van der Waals surface area contributed by atoms with E-state index in [4.69, 9.17) is 14.2 Å². The average molecular weight is 206 g/mol. The monoisotopic (exact) mass is 206 g/mol. The molecule has 0 aliphatic carbocycles. The molecule has 0 spiro atoms. The first kappa shape index (κ1) is 13.1. The highest BCUT2D eigenvalue weighted by Crippen LogP contribution is 2.19. The van der Waals surface area contributed by atoms with E-state index < -0.39 is 5.97 Å². The lowest BCUT2D eigenvalue weighted by Crippen LogP contribution is -2.36. The molecule has 0 bridgehead atoms. The second-order valence-electron chi connectivity index (χ2n) is 3.11. The van der Waals surface area contributed by atoms with Crippen LogP contribution in [0.25, 0.3) is 0 Å². The van der Waals surface area contributed by atoms with E-state index in [2.05, 4.69) is 6.92 Å². The van der Waals surface area contributed by atoms with Crippen molar-refractivity contribution in [2.45, 2.75) is 37.8 Å². The van der Waals surface area contributed by atoms with E-state index in [9.17, 15) is 0 Å². The van der Waals surface area contributed by atoms with Gasteiger partial charge in [-0.15, -0.1) is 0 Å². The first-order chi connectivity index (χ1) is 6.24. The summed E-state index contributed by atoms with van der Waals surface area (Å²) in [6.07, 6.45) is 2.15. The molecular weight excluding hydrogens is 184 g/mol. The molecule has 4 heteroatoms. The summed E-state index contributed by atoms with van der Waals surface area (Å²) < 4.78 is 15.6. The molecule has 0 radical (unpaired) electrons. The zero-order valence-electron chi connectivity index (χ0n) is 9.26. The van der Waals surface area contributed by atoms with Crippen molar-refractivity contribution >= 4 is 9.52 Å². The highest BCUT2D eigenvalue weighted by molar-refractivity contribution is 6.35. The Morgan fingerprint density at radius 3 is 1.92 bits per heavy atom. The van der Waals surface area contributed by atoms with Crippen LogP contribution in [0.2, 0.25) is 12.1 Å². The second-order valence-corrected chi connectivity index (χ2v) is 5.23. The highest BCUT2D eigenvalue weighted by atomic mass is 28.2. The summed E-state index contributed by atoms with van der Waals surface area (Å²) in [5, 5.41) is 0. The Morgan fingerprint density at radius 2 is 1.54 bits per heavy atom. The second kappa shape index (κ2) is 7.50. The molecule has 0 aliphatic heterocycles. The molecule has 0 saturated carbocycles. The number of ether oxygens (including phenoxy) is 3. The van der Waals surface area contributed by atoms with Gasteiger partial charge >= 0.3 is 0 Å². The van der Waals surface area contributed by atoms with Crippen LogP contribution in [0.4, 0.5) is 0 Å². The van der Waals surface area contributed by atoms with Crippen molar-refractivity contribution in [2.24, 2.45) is 0 Å². The summed E-state index contributed by atoms with van der Waals surface area (Å²) in [6, 6.07) is 2.61. The zero-order valence-corrected chi connectivity index (χ0v) is 10.7. The summed E-state index contributed by atoms with van der Waals surface area (Å²) in [5.41, 5.74) is 0. The van der Waals surface area contributed by atoms with E-state index in [1.165, 1.54) is 18.5 Å². The molecule has 0 unspecified atom stereocenters. The quantitative estimate of drug-likeness (QED) is 0.341. The van der Waals surface area contributed by atoms with Crippen molar-refractivity contribution in [2.75, 3.05) is 21.3 Å². The third kappa shape index (κ3) is 4.76. The Kier molecular flexibility index (Phi) is 7.55. The first-order valence-corrected chi connectivity index (χ1v) is 6.90. The maximum Gasteiger partial charge on any atom is 0.281 e. The molecule has 0 amide bonds. The molecule has 0 N–H and O–H groups in total. The van der Waals surface area contributed by atoms with E-state index in [0.717, 1.165) is 6.42 Å². The van der Waals surface area contributed by atoms with Gasteiger partial charge in [-0.25, -0.2) is 0 Å². The zero-order chi connectivity index (χ0) is 10.2. The molecule has 0 saturated heterocycles. The molecule has 0 aromatic heterocycles. The largest absolute Gasteiger partial charge is 0.331 e. The van der Waals surface area contributed by atoms with Crippen LogP contribution < -0.4 is 0 Å². The van der Waals surface area contributed by atoms with Crippen LogP contribution in [0.1, 0.15) is 19.8 Å². The predicted molar refractivity (Wildman–Crippen MR) is 56.8 cm³/mol. The standard InChI is InChI=1S/C9H22O3Si/c1-5-7-13-8-6-9(10-2,11-3)12-4/h5-8,13H2,1-4H3. The van der Waals surface area contributed by atoms with Crippen LogP contribution >= 0.6 is 0 Å². The van der Waals surface area contributed by atoms with Gasteiger partial charge in [-0.05, 0) is 0 Å². The lowest BCUT2D eigenvalue weighted by Gasteiger charge is -2.28. The molecule has 0 fully saturated rings. The summed E-state index contributed by atoms with van der Waals surface area (Å²) in [6.45, 7) is 2.23. The molecule has 0 rings (SSSR count). The first-order valence-electron chi connectivity index (χ1n) is 4.90. The topological polar surface area (TPSA) is 27.7 Å². The van der Waals surface area contributed by atoms with Gasteiger partial charge in [0.25, 0.3) is 5.97 Å². The third-order valence-corrected chi connectivity index (χ3v) is 4.33. The molecule has 0 aromatic carbocycles. The van der Waals surface area contributed by atoms with Gasteiger partial charge in [-0.1, -0.05) is 25.4 Å². The molecule has 80 valence electrons. The third-order valence-electron chi connectivity index (χ3n) is 2.27. The van der Waals surface area contributed by atoms with Gasteiger partial charge in [0.1, 0.15) is 0 Å². The van der Waals surface area contributed by atoms with Gasteiger partial charge in [-0.3, -0.25) is 0 Å². The molecule has 3 nitrogen and oxygen atoms in total. The Hall–Kier alpha value is 0.0969. The number of rotatable bonds is 8. The molecular formula is C9H22O3Si. The summed E-state index contributed by atoms with van der Waals surface area (Å²) in [5.74, 6) is -0.791. The van der Waals surface area contributed by atoms with Crippen LogP contribution in [-0.4, -0.2) is 36.8 Å². The molecule has 0 heterocycles. The average Bonchev–Trinajstić information content (AvgIpc) is 2.20. The molecule has 0 aromatic rings. The minimum Gasteiger partial charge on any atom is -0.331 e. The van der Waals surface area contributed by atoms with Crippen molar-refractivity contribution in [3.05, 3.63) is 0 Å². The van der Waals surface area contributed by atoms with Gasteiger partial charge in [0.05, 0.1) is 0 Å². The minimum absolute atomic E-state index is 0.0635. The van der Waals surface area contributed by atoms with E-state index in [0.29, 0.717) is 0 Å². The fraction of sp³-hybridized carbons (Fsp3) is 1.00. The SMILES string of the molecule is CCC[SiH2]CCC(OC)(OC)OC. The highest BCUT2D eigenvalue weighted by Gasteiger charge is 2.28. The van der Waals surface area contributed by atoms with E-state index in [1.54, 1.807) is 21.3 Å². The van der Waals surface area contributed by atoms with E-state index in [-0.39, 0.29) is 9.52 Å². The van der Waals surface area contributed by atoms with Crippen molar-refractivity contribution in [1.29, 1.82) is 0 Å². The summed E-state index contributed by atoms with van der Waals surface area (Å²) in [4.78, 5) is 0. The molecule has 13 heavy (non-hydrogen) atoms. The van der Waals surface area contributed by atoms with E-state index in [1.807, 2.05) is 0 Å². The maximum absolute atomic E-state index is 5.19. The lowest BCUT2D eigenvalue weighted by molar-refractivity contribution is -0.352. The normalized spacial score (nSPS) is 12.9. The smallest absolute Gasteiger partial charge is 0.281 e. The van der Waals surface area contributed by atoms with Crippen LogP contribution in [0.15, 0.2) is 0 Å². The van der Waals surface area contributed by atoms with Crippen molar-refractivity contribution < 1.29 is 14.2 Å². The Morgan fingerprint density at radius 1 is 1.00 bits per heavy atom. The lowest BCUT2D eigenvalue weighted by atomic mass is 10.4. The fourth-order valence-electron chi connectivity index (χ4n) is 1.32. The van der Waals surface area contributed by atoms with Crippen molar-refractivity contribution in [3.8, 4) is 0 Å². The number of hydrogen-bond acceptors (Lipinski definition) is 3. The van der Waals surface area contributed by atoms with Crippen LogP contribution in [-0.2, 0) is 14.2 Å². The summed E-state index contributed by atoms with van der Waals surface area (Å²) in [7, 11) is 4.92. The van der Waals surface area contributed by atoms with E-state index >= 15 is 0 Å². The van der Waals surface area contributed by atoms with Crippen molar-refractivity contribution in [1.82, 2.24) is 0 Å². The number of methoxy groups -OCH3 is 3.